The minimum absolute atomic E-state index is 0.00377. The van der Waals surface area contributed by atoms with Crippen LogP contribution in [-0.2, 0) is 9.59 Å². The van der Waals surface area contributed by atoms with E-state index in [2.05, 4.69) is 4.99 Å². The maximum Gasteiger partial charge on any atom is 0.148 e. The van der Waals surface area contributed by atoms with Crippen LogP contribution in [0.15, 0.2) is 35.3 Å². The van der Waals surface area contributed by atoms with Gasteiger partial charge >= 0.3 is 0 Å². The number of hydrogen-bond acceptors (Lipinski definition) is 3. The maximum absolute atomic E-state index is 11.5. The van der Waals surface area contributed by atoms with Crippen LogP contribution >= 0.6 is 0 Å². The van der Waals surface area contributed by atoms with Crippen molar-refractivity contribution in [3.8, 4) is 0 Å². The minimum atomic E-state index is -0.617. The molecule has 2 rings (SSSR count). The van der Waals surface area contributed by atoms with Gasteiger partial charge in [0.1, 0.15) is 17.5 Å². The Hall–Kier alpha value is -1.77. The second kappa shape index (κ2) is 4.84. The first-order valence-corrected chi connectivity index (χ1v) is 5.42. The van der Waals surface area contributed by atoms with Gasteiger partial charge in [-0.1, -0.05) is 18.2 Å². The lowest BCUT2D eigenvalue weighted by Crippen LogP contribution is -2.29. The number of para-hydroxylation sites is 1. The molecular weight excluding hydrogens is 202 g/mol. The van der Waals surface area contributed by atoms with Crippen LogP contribution in [0.3, 0.4) is 0 Å². The van der Waals surface area contributed by atoms with Gasteiger partial charge in [0.2, 0.25) is 0 Å². The summed E-state index contributed by atoms with van der Waals surface area (Å²) in [4.78, 5) is 27.2. The molecule has 0 heterocycles. The van der Waals surface area contributed by atoms with Crippen molar-refractivity contribution in [2.45, 2.75) is 19.3 Å². The highest BCUT2D eigenvalue weighted by Gasteiger charge is 2.28. The van der Waals surface area contributed by atoms with Crippen LogP contribution in [0.5, 0.6) is 0 Å². The number of carbonyl (C=O) groups excluding carboxylic acids is 2. The second-order valence-electron chi connectivity index (χ2n) is 3.88. The molecule has 1 aliphatic rings. The van der Waals surface area contributed by atoms with E-state index in [1.807, 2.05) is 30.3 Å². The Morgan fingerprint density at radius 1 is 1.06 bits per heavy atom. The van der Waals surface area contributed by atoms with Crippen LogP contribution in [-0.4, -0.2) is 17.8 Å². The molecule has 0 unspecified atom stereocenters. The lowest BCUT2D eigenvalue weighted by Gasteiger charge is -2.14. The highest BCUT2D eigenvalue weighted by Crippen LogP contribution is 2.17. The van der Waals surface area contributed by atoms with Crippen LogP contribution in [0.2, 0.25) is 0 Å². The molecule has 82 valence electrons. The smallest absolute Gasteiger partial charge is 0.148 e. The van der Waals surface area contributed by atoms with Crippen LogP contribution in [0.4, 0.5) is 5.69 Å². The van der Waals surface area contributed by atoms with Crippen molar-refractivity contribution in [2.24, 2.45) is 10.9 Å². The van der Waals surface area contributed by atoms with E-state index >= 15 is 0 Å². The van der Waals surface area contributed by atoms with Crippen LogP contribution < -0.4 is 0 Å². The van der Waals surface area contributed by atoms with E-state index < -0.39 is 5.92 Å². The van der Waals surface area contributed by atoms with Gasteiger partial charge in [0, 0.05) is 19.1 Å². The molecule has 3 nitrogen and oxygen atoms in total. The standard InChI is InChI=1S/C13H13NO2/c15-12-7-4-8-13(16)11(12)9-14-10-5-2-1-3-6-10/h1-3,5-6,9,11H,4,7-8H2. The highest BCUT2D eigenvalue weighted by atomic mass is 16.2. The molecule has 0 saturated heterocycles. The first-order valence-electron chi connectivity index (χ1n) is 5.42. The van der Waals surface area contributed by atoms with Gasteiger partial charge in [0.25, 0.3) is 0 Å². The Kier molecular flexibility index (Phi) is 3.25. The zero-order valence-corrected chi connectivity index (χ0v) is 8.93. The normalized spacial score (nSPS) is 18.2. The van der Waals surface area contributed by atoms with Crippen LogP contribution in [0, 0.1) is 5.92 Å². The average molecular weight is 215 g/mol. The number of benzene rings is 1. The molecule has 0 atom stereocenters. The quantitative estimate of drug-likeness (QED) is 0.561. The van der Waals surface area contributed by atoms with Crippen molar-refractivity contribution in [3.05, 3.63) is 30.3 Å². The largest absolute Gasteiger partial charge is 0.298 e. The summed E-state index contributed by atoms with van der Waals surface area (Å²) in [6, 6.07) is 9.33. The molecule has 3 heteroatoms. The summed E-state index contributed by atoms with van der Waals surface area (Å²) in [5.41, 5.74) is 0.772. The molecule has 0 bridgehead atoms. The molecule has 0 N–H and O–H groups in total. The molecule has 0 aliphatic heterocycles. The predicted octanol–water partition coefficient (Wildman–Crippen LogP) is 2.33. The molecule has 0 amide bonds. The lowest BCUT2D eigenvalue weighted by atomic mass is 9.87. The summed E-state index contributed by atoms with van der Waals surface area (Å²) >= 11 is 0. The third-order valence-electron chi connectivity index (χ3n) is 2.67. The molecule has 16 heavy (non-hydrogen) atoms. The van der Waals surface area contributed by atoms with E-state index in [0.717, 1.165) is 5.69 Å². The maximum atomic E-state index is 11.5. The van der Waals surface area contributed by atoms with Crippen LogP contribution in [0.1, 0.15) is 19.3 Å². The Bertz CT molecular complexity index is 407. The molecule has 0 spiro atoms. The predicted molar refractivity (Wildman–Crippen MR) is 61.9 cm³/mol. The number of ketones is 2. The number of aliphatic imine (C=N–C) groups is 1. The van der Waals surface area contributed by atoms with Gasteiger partial charge in [-0.15, -0.1) is 0 Å². The van der Waals surface area contributed by atoms with E-state index in [1.165, 1.54) is 6.21 Å². The van der Waals surface area contributed by atoms with Crippen molar-refractivity contribution in [1.82, 2.24) is 0 Å². The summed E-state index contributed by atoms with van der Waals surface area (Å²) in [5.74, 6) is -0.624. The van der Waals surface area contributed by atoms with Crippen molar-refractivity contribution >= 4 is 23.5 Å². The van der Waals surface area contributed by atoms with Gasteiger partial charge in [0.05, 0.1) is 5.69 Å². The molecular formula is C13H13NO2. The first kappa shape index (κ1) is 10.7. The van der Waals surface area contributed by atoms with Crippen molar-refractivity contribution < 1.29 is 9.59 Å². The molecule has 1 saturated carbocycles. The fraction of sp³-hybridized carbons (Fsp3) is 0.308. The molecule has 1 aromatic rings. The fourth-order valence-corrected chi connectivity index (χ4v) is 1.77. The third-order valence-corrected chi connectivity index (χ3v) is 2.67. The zero-order valence-electron chi connectivity index (χ0n) is 8.93. The van der Waals surface area contributed by atoms with E-state index in [9.17, 15) is 9.59 Å². The minimum Gasteiger partial charge on any atom is -0.298 e. The van der Waals surface area contributed by atoms with Gasteiger partial charge in [-0.3, -0.25) is 14.6 Å². The second-order valence-corrected chi connectivity index (χ2v) is 3.88. The van der Waals surface area contributed by atoms with Gasteiger partial charge in [-0.05, 0) is 18.6 Å². The third kappa shape index (κ3) is 2.42. The molecule has 0 aromatic heterocycles. The lowest BCUT2D eigenvalue weighted by molar-refractivity contribution is -0.132. The fourth-order valence-electron chi connectivity index (χ4n) is 1.77. The van der Waals surface area contributed by atoms with E-state index in [0.29, 0.717) is 19.3 Å². The first-order chi connectivity index (χ1) is 7.77. The van der Waals surface area contributed by atoms with Gasteiger partial charge in [-0.25, -0.2) is 0 Å². The number of rotatable bonds is 2. The van der Waals surface area contributed by atoms with E-state index in [1.54, 1.807) is 0 Å². The highest BCUT2D eigenvalue weighted by molar-refractivity contribution is 6.16. The number of carbonyl (C=O) groups is 2. The average Bonchev–Trinajstić information content (AvgIpc) is 2.30. The SMILES string of the molecule is O=C1CCCC(=O)C1C=Nc1ccccc1. The Labute approximate surface area is 94.2 Å². The van der Waals surface area contributed by atoms with E-state index in [4.69, 9.17) is 0 Å². The Morgan fingerprint density at radius 3 is 2.31 bits per heavy atom. The van der Waals surface area contributed by atoms with Gasteiger partial charge in [0.15, 0.2) is 0 Å². The number of Topliss-reactive ketones (excluding diaryl/α,β-unsaturated/α-hetero) is 2. The van der Waals surface area contributed by atoms with Crippen LogP contribution in [0.25, 0.3) is 0 Å². The number of nitrogens with zero attached hydrogens (tertiary/aromatic N) is 1. The Morgan fingerprint density at radius 2 is 1.69 bits per heavy atom. The van der Waals surface area contributed by atoms with Gasteiger partial charge < -0.3 is 0 Å². The molecule has 1 aliphatic carbocycles. The molecule has 1 aromatic carbocycles. The number of hydrogen-bond donors (Lipinski definition) is 0. The molecule has 0 radical (unpaired) electrons. The van der Waals surface area contributed by atoms with Crippen molar-refractivity contribution in [3.63, 3.8) is 0 Å². The van der Waals surface area contributed by atoms with Gasteiger partial charge in [-0.2, -0.15) is 0 Å². The zero-order chi connectivity index (χ0) is 11.4. The monoisotopic (exact) mass is 215 g/mol. The van der Waals surface area contributed by atoms with E-state index in [-0.39, 0.29) is 11.6 Å². The summed E-state index contributed by atoms with van der Waals surface area (Å²) in [5, 5.41) is 0. The summed E-state index contributed by atoms with van der Waals surface area (Å²) in [6.07, 6.45) is 3.17. The topological polar surface area (TPSA) is 46.5 Å². The summed E-state index contributed by atoms with van der Waals surface area (Å²) in [6.45, 7) is 0. The summed E-state index contributed by atoms with van der Waals surface area (Å²) in [7, 11) is 0. The van der Waals surface area contributed by atoms with Crippen molar-refractivity contribution in [1.29, 1.82) is 0 Å². The van der Waals surface area contributed by atoms with Crippen molar-refractivity contribution in [2.75, 3.05) is 0 Å². The summed E-state index contributed by atoms with van der Waals surface area (Å²) < 4.78 is 0. The molecule has 1 fully saturated rings. The Balaban J connectivity index is 2.11.